The van der Waals surface area contributed by atoms with Crippen molar-refractivity contribution in [1.29, 1.82) is 0 Å². The first-order valence-electron chi connectivity index (χ1n) is 5.65. The van der Waals surface area contributed by atoms with Crippen LogP contribution in [0.3, 0.4) is 0 Å². The minimum absolute atomic E-state index is 0.00355. The van der Waals surface area contributed by atoms with Crippen molar-refractivity contribution < 1.29 is 19.4 Å². The van der Waals surface area contributed by atoms with E-state index >= 15 is 0 Å². The second-order valence-electron chi connectivity index (χ2n) is 3.69. The number of halogens is 1. The quantitative estimate of drug-likeness (QED) is 0.648. The first-order chi connectivity index (χ1) is 8.60. The molecule has 0 fully saturated rings. The van der Waals surface area contributed by atoms with Gasteiger partial charge in [-0.1, -0.05) is 28.1 Å². The summed E-state index contributed by atoms with van der Waals surface area (Å²) in [5, 5.41) is 9.32. The van der Waals surface area contributed by atoms with Gasteiger partial charge in [0.1, 0.15) is 0 Å². The van der Waals surface area contributed by atoms with Gasteiger partial charge in [-0.15, -0.1) is 0 Å². The number of esters is 1. The second kappa shape index (κ2) is 7.16. The third kappa shape index (κ3) is 3.84. The Hall–Kier alpha value is -1.36. The smallest absolute Gasteiger partial charge is 0.338 e. The Morgan fingerprint density at radius 1 is 1.39 bits per heavy atom. The molecule has 0 saturated carbocycles. The molecule has 1 aromatic carbocycles. The molecule has 5 heteroatoms. The van der Waals surface area contributed by atoms with E-state index in [-0.39, 0.29) is 6.42 Å². The average molecular weight is 315 g/mol. The van der Waals surface area contributed by atoms with E-state index in [0.717, 1.165) is 11.1 Å². The molecule has 0 aliphatic rings. The third-order valence-corrected chi connectivity index (χ3v) is 3.11. The number of rotatable bonds is 6. The van der Waals surface area contributed by atoms with Crippen LogP contribution in [0.15, 0.2) is 18.2 Å². The zero-order valence-corrected chi connectivity index (χ0v) is 11.7. The molecule has 0 amide bonds. The first kappa shape index (κ1) is 14.7. The van der Waals surface area contributed by atoms with Crippen molar-refractivity contribution in [3.63, 3.8) is 0 Å². The molecule has 1 aromatic rings. The number of carboxylic acid groups (broad SMARTS) is 1. The number of benzene rings is 1. The van der Waals surface area contributed by atoms with E-state index < -0.39 is 11.9 Å². The van der Waals surface area contributed by atoms with Gasteiger partial charge in [0.2, 0.25) is 0 Å². The zero-order valence-electron chi connectivity index (χ0n) is 10.1. The van der Waals surface area contributed by atoms with Crippen molar-refractivity contribution >= 4 is 27.9 Å². The summed E-state index contributed by atoms with van der Waals surface area (Å²) in [4.78, 5) is 22.4. The van der Waals surface area contributed by atoms with E-state index in [9.17, 15) is 9.59 Å². The number of aliphatic carboxylic acids is 1. The molecule has 18 heavy (non-hydrogen) atoms. The molecule has 1 N–H and O–H groups in total. The van der Waals surface area contributed by atoms with E-state index in [4.69, 9.17) is 9.84 Å². The van der Waals surface area contributed by atoms with Crippen LogP contribution in [0.5, 0.6) is 0 Å². The molecule has 0 aliphatic heterocycles. The highest BCUT2D eigenvalue weighted by atomic mass is 79.9. The van der Waals surface area contributed by atoms with Crippen molar-refractivity contribution in [1.82, 2.24) is 0 Å². The lowest BCUT2D eigenvalue weighted by Crippen LogP contribution is -2.11. The average Bonchev–Trinajstić information content (AvgIpc) is 2.36. The van der Waals surface area contributed by atoms with Crippen LogP contribution in [0.25, 0.3) is 0 Å². The van der Waals surface area contributed by atoms with Gasteiger partial charge in [0, 0.05) is 11.8 Å². The van der Waals surface area contributed by atoms with Crippen LogP contribution in [0.2, 0.25) is 0 Å². The van der Waals surface area contributed by atoms with Crippen LogP contribution in [0.1, 0.15) is 34.8 Å². The summed E-state index contributed by atoms with van der Waals surface area (Å²) in [5.41, 5.74) is 2.12. The predicted molar refractivity (Wildman–Crippen MR) is 71.0 cm³/mol. The minimum Gasteiger partial charge on any atom is -0.481 e. The predicted octanol–water partition coefficient (Wildman–Crippen LogP) is 2.78. The monoisotopic (exact) mass is 314 g/mol. The topological polar surface area (TPSA) is 63.6 Å². The molecule has 0 aromatic heterocycles. The fourth-order valence-electron chi connectivity index (χ4n) is 1.69. The number of carbonyl (C=O) groups is 2. The summed E-state index contributed by atoms with van der Waals surface area (Å²) in [6.45, 7) is 2.04. The number of hydrogen-bond acceptors (Lipinski definition) is 3. The lowest BCUT2D eigenvalue weighted by Gasteiger charge is -2.11. The van der Waals surface area contributed by atoms with E-state index in [2.05, 4.69) is 15.9 Å². The van der Waals surface area contributed by atoms with Gasteiger partial charge in [0.15, 0.2) is 0 Å². The number of hydrogen-bond donors (Lipinski definition) is 1. The standard InChI is InChI=1S/C13H15BrO4/c1-2-18-13(17)11-5-3-4-9(8-14)10(11)6-7-12(15)16/h3-5H,2,6-8H2,1H3,(H,15,16). The van der Waals surface area contributed by atoms with Gasteiger partial charge in [-0.25, -0.2) is 4.79 Å². The van der Waals surface area contributed by atoms with Crippen molar-refractivity contribution in [3.05, 3.63) is 34.9 Å². The Morgan fingerprint density at radius 2 is 2.11 bits per heavy atom. The largest absolute Gasteiger partial charge is 0.481 e. The Balaban J connectivity index is 3.07. The summed E-state index contributed by atoms with van der Waals surface area (Å²) in [6, 6.07) is 5.31. The van der Waals surface area contributed by atoms with Crippen molar-refractivity contribution in [2.75, 3.05) is 6.61 Å². The highest BCUT2D eigenvalue weighted by molar-refractivity contribution is 9.08. The fraction of sp³-hybridized carbons (Fsp3) is 0.385. The normalized spacial score (nSPS) is 10.1. The number of carboxylic acids is 1. The molecular weight excluding hydrogens is 300 g/mol. The Bertz CT molecular complexity index is 443. The summed E-state index contributed by atoms with van der Waals surface area (Å²) in [7, 11) is 0. The van der Waals surface area contributed by atoms with Crippen LogP contribution in [0.4, 0.5) is 0 Å². The molecule has 4 nitrogen and oxygen atoms in total. The maximum Gasteiger partial charge on any atom is 0.338 e. The lowest BCUT2D eigenvalue weighted by atomic mass is 9.98. The maximum atomic E-state index is 11.8. The molecule has 0 spiro atoms. The van der Waals surface area contributed by atoms with Crippen LogP contribution < -0.4 is 0 Å². The molecule has 0 bridgehead atoms. The van der Waals surface area contributed by atoms with Gasteiger partial charge in [-0.05, 0) is 30.5 Å². The van der Waals surface area contributed by atoms with Crippen LogP contribution in [-0.2, 0) is 21.3 Å². The highest BCUT2D eigenvalue weighted by Crippen LogP contribution is 2.20. The van der Waals surface area contributed by atoms with E-state index in [0.29, 0.717) is 23.9 Å². The molecular formula is C13H15BrO4. The van der Waals surface area contributed by atoms with Crippen LogP contribution in [0, 0.1) is 0 Å². The minimum atomic E-state index is -0.880. The molecule has 0 unspecified atom stereocenters. The van der Waals surface area contributed by atoms with Crippen molar-refractivity contribution in [2.24, 2.45) is 0 Å². The van der Waals surface area contributed by atoms with Gasteiger partial charge < -0.3 is 9.84 Å². The number of carbonyl (C=O) groups excluding carboxylic acids is 1. The first-order valence-corrected chi connectivity index (χ1v) is 6.78. The maximum absolute atomic E-state index is 11.8. The third-order valence-electron chi connectivity index (χ3n) is 2.50. The highest BCUT2D eigenvalue weighted by Gasteiger charge is 2.16. The summed E-state index contributed by atoms with van der Waals surface area (Å²) >= 11 is 3.34. The molecule has 0 radical (unpaired) electrons. The van der Waals surface area contributed by atoms with Crippen LogP contribution >= 0.6 is 15.9 Å². The van der Waals surface area contributed by atoms with Gasteiger partial charge >= 0.3 is 11.9 Å². The Kier molecular flexibility index (Phi) is 5.85. The zero-order chi connectivity index (χ0) is 13.5. The van der Waals surface area contributed by atoms with Gasteiger partial charge in [-0.3, -0.25) is 4.79 Å². The molecule has 0 saturated heterocycles. The van der Waals surface area contributed by atoms with Crippen LogP contribution in [-0.4, -0.2) is 23.7 Å². The Morgan fingerprint density at radius 3 is 2.67 bits per heavy atom. The van der Waals surface area contributed by atoms with Gasteiger partial charge in [0.05, 0.1) is 12.2 Å². The van der Waals surface area contributed by atoms with E-state index in [1.165, 1.54) is 0 Å². The summed E-state index contributed by atoms with van der Waals surface area (Å²) in [5.74, 6) is -1.28. The molecule has 98 valence electrons. The molecule has 0 aliphatic carbocycles. The number of alkyl halides is 1. The molecule has 0 heterocycles. The van der Waals surface area contributed by atoms with E-state index in [1.54, 1.807) is 19.1 Å². The SMILES string of the molecule is CCOC(=O)c1cccc(CBr)c1CCC(=O)O. The lowest BCUT2D eigenvalue weighted by molar-refractivity contribution is -0.136. The summed E-state index contributed by atoms with van der Waals surface area (Å²) in [6.07, 6.45) is 0.321. The Labute approximate surface area is 114 Å². The van der Waals surface area contributed by atoms with Gasteiger partial charge in [0.25, 0.3) is 0 Å². The van der Waals surface area contributed by atoms with Crippen molar-refractivity contribution in [2.45, 2.75) is 25.1 Å². The van der Waals surface area contributed by atoms with Crippen molar-refractivity contribution in [3.8, 4) is 0 Å². The molecule has 0 atom stereocenters. The second-order valence-corrected chi connectivity index (χ2v) is 4.25. The number of ether oxygens (including phenoxy) is 1. The molecule has 1 rings (SSSR count). The summed E-state index contributed by atoms with van der Waals surface area (Å²) < 4.78 is 4.97. The fourth-order valence-corrected chi connectivity index (χ4v) is 2.21. The van der Waals surface area contributed by atoms with E-state index in [1.807, 2.05) is 6.07 Å². The van der Waals surface area contributed by atoms with Gasteiger partial charge in [-0.2, -0.15) is 0 Å².